The number of nitrogens with one attached hydrogen (secondary N) is 2. The lowest BCUT2D eigenvalue weighted by atomic mass is 10.0. The smallest absolute Gasteiger partial charge is 0.328 e. The first-order valence-electron chi connectivity index (χ1n) is 12.8. The zero-order valence-corrected chi connectivity index (χ0v) is 22.1. The van der Waals surface area contributed by atoms with Crippen LogP contribution in [0.2, 0.25) is 0 Å². The Bertz CT molecular complexity index is 1140. The highest BCUT2D eigenvalue weighted by atomic mass is 16.5. The molecule has 0 spiro atoms. The highest BCUT2D eigenvalue weighted by molar-refractivity contribution is 5.94. The molecule has 1 saturated heterocycles. The molecule has 0 aliphatic carbocycles. The number of rotatable bonds is 11. The zero-order valence-electron chi connectivity index (χ0n) is 22.1. The van der Waals surface area contributed by atoms with Crippen LogP contribution < -0.4 is 16.4 Å². The number of phenolic OH excluding ortho intramolecular Hbond substituents is 1. The number of amides is 3. The number of esters is 1. The molecule has 5 atom stereocenters. The van der Waals surface area contributed by atoms with Gasteiger partial charge in [-0.2, -0.15) is 0 Å². The van der Waals surface area contributed by atoms with Crippen molar-refractivity contribution in [1.82, 2.24) is 15.5 Å². The van der Waals surface area contributed by atoms with Crippen LogP contribution in [0.5, 0.6) is 5.75 Å². The number of phenols is 1. The van der Waals surface area contributed by atoms with Crippen molar-refractivity contribution in [1.29, 1.82) is 0 Å². The monoisotopic (exact) mass is 540 g/mol. The number of benzene rings is 2. The normalized spacial score (nSPS) is 17.9. The number of likely N-dealkylation sites (tertiary alicyclic amines) is 1. The predicted molar refractivity (Wildman–Crippen MR) is 142 cm³/mol. The number of hydrogen-bond acceptors (Lipinski definition) is 8. The van der Waals surface area contributed by atoms with Crippen molar-refractivity contribution < 1.29 is 34.1 Å². The van der Waals surface area contributed by atoms with Crippen LogP contribution in [-0.4, -0.2) is 82.7 Å². The van der Waals surface area contributed by atoms with Crippen molar-refractivity contribution in [2.45, 2.75) is 62.9 Å². The van der Waals surface area contributed by atoms with Gasteiger partial charge in [0.15, 0.2) is 0 Å². The topological polar surface area (TPSA) is 171 Å². The Kier molecular flexibility index (Phi) is 10.4. The van der Waals surface area contributed by atoms with E-state index in [4.69, 9.17) is 10.5 Å². The molecule has 3 amide bonds. The fourth-order valence-electron chi connectivity index (χ4n) is 4.50. The highest BCUT2D eigenvalue weighted by Crippen LogP contribution is 2.20. The number of nitrogens with zero attached hydrogens (tertiary/aromatic N) is 1. The minimum absolute atomic E-state index is 0.0481. The lowest BCUT2D eigenvalue weighted by Gasteiger charge is -2.29. The van der Waals surface area contributed by atoms with Gasteiger partial charge < -0.3 is 36.2 Å². The standard InChI is InChI=1S/C28H36N4O7/c1-17(33)24(29)27(37)32-14-6-9-23(32)26(36)30-21(15-19-10-12-20(34)13-11-19)25(35)31-22(28(38)39-2)16-18-7-4-3-5-8-18/h3-5,7-8,10-13,17,21-24,33-34H,6,9,14-16,29H2,1-2H3,(H,30,36)(H,31,35)/t17-,21+,22+,23+,24+/m1/s1. The number of aliphatic hydroxyl groups excluding tert-OH is 1. The molecule has 2 aromatic rings. The fraction of sp³-hybridized carbons (Fsp3) is 0.429. The first-order chi connectivity index (χ1) is 18.6. The van der Waals surface area contributed by atoms with Crippen molar-refractivity contribution in [2.24, 2.45) is 5.73 Å². The average molecular weight is 541 g/mol. The second-order valence-electron chi connectivity index (χ2n) is 9.66. The van der Waals surface area contributed by atoms with Crippen LogP contribution in [0.1, 0.15) is 30.9 Å². The molecule has 3 rings (SSSR count). The number of carbonyl (C=O) groups is 4. The fourth-order valence-corrected chi connectivity index (χ4v) is 4.50. The number of aliphatic hydroxyl groups is 1. The van der Waals surface area contributed by atoms with Crippen LogP contribution in [-0.2, 0) is 36.8 Å². The number of nitrogens with two attached hydrogens (primary N) is 1. The van der Waals surface area contributed by atoms with Crippen LogP contribution in [0, 0.1) is 0 Å². The minimum atomic E-state index is -1.17. The van der Waals surface area contributed by atoms with Gasteiger partial charge in [0.1, 0.15) is 29.9 Å². The third-order valence-corrected chi connectivity index (χ3v) is 6.74. The van der Waals surface area contributed by atoms with E-state index < -0.39 is 54.0 Å². The molecule has 0 radical (unpaired) electrons. The molecule has 1 heterocycles. The predicted octanol–water partition coefficient (Wildman–Crippen LogP) is 0.0191. The number of carbonyl (C=O) groups excluding carboxylic acids is 4. The van der Waals surface area contributed by atoms with Crippen molar-refractivity contribution in [2.75, 3.05) is 13.7 Å². The second kappa shape index (κ2) is 13.7. The zero-order chi connectivity index (χ0) is 28.5. The largest absolute Gasteiger partial charge is 0.508 e. The molecule has 210 valence electrons. The Labute approximate surface area is 227 Å². The molecule has 0 saturated carbocycles. The van der Waals surface area contributed by atoms with Crippen molar-refractivity contribution in [3.8, 4) is 5.75 Å². The molecule has 11 heteroatoms. The van der Waals surface area contributed by atoms with Gasteiger partial charge in [0.05, 0.1) is 13.2 Å². The highest BCUT2D eigenvalue weighted by Gasteiger charge is 2.39. The summed E-state index contributed by atoms with van der Waals surface area (Å²) in [5, 5.41) is 24.8. The van der Waals surface area contributed by atoms with Gasteiger partial charge in [-0.1, -0.05) is 42.5 Å². The molecule has 1 aliphatic rings. The molecular formula is C28H36N4O7. The molecule has 1 aliphatic heterocycles. The van der Waals surface area contributed by atoms with E-state index in [1.807, 2.05) is 30.3 Å². The van der Waals surface area contributed by atoms with Crippen LogP contribution in [0.3, 0.4) is 0 Å². The summed E-state index contributed by atoms with van der Waals surface area (Å²) in [7, 11) is 1.23. The first kappa shape index (κ1) is 29.6. The van der Waals surface area contributed by atoms with E-state index in [1.54, 1.807) is 12.1 Å². The van der Waals surface area contributed by atoms with Crippen molar-refractivity contribution in [3.05, 3.63) is 65.7 Å². The van der Waals surface area contributed by atoms with E-state index in [0.29, 0.717) is 24.9 Å². The summed E-state index contributed by atoms with van der Waals surface area (Å²) in [5.74, 6) is -2.29. The van der Waals surface area contributed by atoms with E-state index in [1.165, 1.54) is 31.1 Å². The molecule has 1 fully saturated rings. The summed E-state index contributed by atoms with van der Waals surface area (Å²) in [5.41, 5.74) is 7.29. The summed E-state index contributed by atoms with van der Waals surface area (Å²) in [6.07, 6.45) is 0.0877. The number of aromatic hydroxyl groups is 1. The Morgan fingerprint density at radius 1 is 1.00 bits per heavy atom. The van der Waals surface area contributed by atoms with E-state index >= 15 is 0 Å². The minimum Gasteiger partial charge on any atom is -0.508 e. The lowest BCUT2D eigenvalue weighted by molar-refractivity contribution is -0.145. The van der Waals surface area contributed by atoms with Crippen LogP contribution in [0.4, 0.5) is 0 Å². The van der Waals surface area contributed by atoms with E-state index in [9.17, 15) is 29.4 Å². The molecule has 0 bridgehead atoms. The number of methoxy groups -OCH3 is 1. The molecule has 39 heavy (non-hydrogen) atoms. The van der Waals surface area contributed by atoms with E-state index in [2.05, 4.69) is 10.6 Å². The van der Waals surface area contributed by atoms with Gasteiger partial charge in [-0.05, 0) is 43.0 Å². The van der Waals surface area contributed by atoms with Gasteiger partial charge in [-0.3, -0.25) is 14.4 Å². The van der Waals surface area contributed by atoms with Crippen LogP contribution in [0.15, 0.2) is 54.6 Å². The van der Waals surface area contributed by atoms with Gasteiger partial charge in [-0.15, -0.1) is 0 Å². The summed E-state index contributed by atoms with van der Waals surface area (Å²) >= 11 is 0. The number of ether oxygens (including phenoxy) is 1. The molecule has 0 unspecified atom stereocenters. The number of hydrogen-bond donors (Lipinski definition) is 5. The van der Waals surface area contributed by atoms with Gasteiger partial charge >= 0.3 is 5.97 Å². The maximum absolute atomic E-state index is 13.5. The molecule has 2 aromatic carbocycles. The quantitative estimate of drug-likeness (QED) is 0.248. The van der Waals surface area contributed by atoms with Gasteiger partial charge in [0, 0.05) is 19.4 Å². The van der Waals surface area contributed by atoms with Crippen LogP contribution >= 0.6 is 0 Å². The Hall–Kier alpha value is -3.96. The summed E-state index contributed by atoms with van der Waals surface area (Å²) < 4.78 is 4.90. The third-order valence-electron chi connectivity index (χ3n) is 6.74. The second-order valence-corrected chi connectivity index (χ2v) is 9.66. The summed E-state index contributed by atoms with van der Waals surface area (Å²) in [6.45, 7) is 1.70. The van der Waals surface area contributed by atoms with E-state index in [0.717, 1.165) is 5.56 Å². The summed E-state index contributed by atoms with van der Waals surface area (Å²) in [6, 6.07) is 11.1. The molecular weight excluding hydrogens is 504 g/mol. The van der Waals surface area contributed by atoms with Crippen molar-refractivity contribution >= 4 is 23.7 Å². The van der Waals surface area contributed by atoms with Gasteiger partial charge in [0.25, 0.3) is 0 Å². The van der Waals surface area contributed by atoms with Gasteiger partial charge in [-0.25, -0.2) is 4.79 Å². The molecule has 11 nitrogen and oxygen atoms in total. The molecule has 6 N–H and O–H groups in total. The van der Waals surface area contributed by atoms with Crippen molar-refractivity contribution in [3.63, 3.8) is 0 Å². The first-order valence-corrected chi connectivity index (χ1v) is 12.8. The van der Waals surface area contributed by atoms with Gasteiger partial charge in [0.2, 0.25) is 17.7 Å². The molecule has 0 aromatic heterocycles. The maximum Gasteiger partial charge on any atom is 0.328 e. The SMILES string of the molecule is COC(=O)[C@H](Cc1ccccc1)NC(=O)[C@H](Cc1ccc(O)cc1)NC(=O)[C@@H]1CCCN1C(=O)[C@@H](N)[C@@H](C)O. The van der Waals surface area contributed by atoms with E-state index in [-0.39, 0.29) is 18.6 Å². The van der Waals surface area contributed by atoms with Crippen LogP contribution in [0.25, 0.3) is 0 Å². The Morgan fingerprint density at radius 3 is 2.23 bits per heavy atom. The maximum atomic E-state index is 13.5. The third kappa shape index (κ3) is 8.01. The Balaban J connectivity index is 1.81. The average Bonchev–Trinajstić information content (AvgIpc) is 3.43. The lowest BCUT2D eigenvalue weighted by Crippen LogP contribution is -2.58. The summed E-state index contributed by atoms with van der Waals surface area (Å²) in [4.78, 5) is 53.5. The Morgan fingerprint density at radius 2 is 1.62 bits per heavy atom.